The van der Waals surface area contributed by atoms with Crippen molar-refractivity contribution in [1.29, 1.82) is 0 Å². The third kappa shape index (κ3) is 4.54. The zero-order valence-electron chi connectivity index (χ0n) is 18.8. The molecule has 2 N–H and O–H groups in total. The number of halogens is 2. The molecule has 2 bridgehead atoms. The summed E-state index contributed by atoms with van der Waals surface area (Å²) in [5.41, 5.74) is -0.244. The molecule has 9 nitrogen and oxygen atoms in total. The molecule has 0 saturated carbocycles. The first kappa shape index (κ1) is 22.9. The number of tetrazole rings is 1. The Morgan fingerprint density at radius 3 is 2.56 bits per heavy atom. The number of piperidine rings is 1. The summed E-state index contributed by atoms with van der Waals surface area (Å²) in [6, 6.07) is 9.66. The number of amides is 1. The zero-order valence-corrected chi connectivity index (χ0v) is 20.3. The second kappa shape index (κ2) is 9.03. The number of hydrogen-bond acceptors (Lipinski definition) is 7. The van der Waals surface area contributed by atoms with Gasteiger partial charge >= 0.3 is 0 Å². The molecule has 2 aliphatic rings. The molecule has 1 aromatic carbocycles. The smallest absolute Gasteiger partial charge is 0.263 e. The molecule has 0 spiro atoms. The van der Waals surface area contributed by atoms with Crippen molar-refractivity contribution in [2.75, 3.05) is 4.90 Å². The summed E-state index contributed by atoms with van der Waals surface area (Å²) < 4.78 is 5.95. The van der Waals surface area contributed by atoms with Crippen molar-refractivity contribution in [2.45, 2.75) is 63.3 Å². The van der Waals surface area contributed by atoms with Crippen molar-refractivity contribution in [3.8, 4) is 17.1 Å². The highest BCUT2D eigenvalue weighted by Gasteiger charge is 2.43. The molecule has 5 rings (SSSR count). The van der Waals surface area contributed by atoms with Crippen LogP contribution in [0.3, 0.4) is 0 Å². The van der Waals surface area contributed by atoms with Gasteiger partial charge in [-0.05, 0) is 80.3 Å². The molecule has 0 radical (unpaired) electrons. The number of fused-ring (bicyclic) bond motifs is 2. The Kier molecular flexibility index (Phi) is 6.07. The molecule has 4 heterocycles. The highest BCUT2D eigenvalue weighted by molar-refractivity contribution is 6.35. The number of ether oxygens (including phenoxy) is 1. The normalized spacial score (nSPS) is 22.0. The molecule has 3 aromatic rings. The molecular formula is C23H25Cl2N7O2. The molecule has 2 aliphatic heterocycles. The van der Waals surface area contributed by atoms with Crippen LogP contribution in [0.5, 0.6) is 5.75 Å². The SMILES string of the molecule is CC(C)(Oc1ccc(Cl)cc1Cl)C(=O)N[C@H]1C[C@H]2CC[C@@H](C1)N2c1ccc(-c2nnn[nH]2)cn1. The molecule has 0 aliphatic carbocycles. The Hall–Kier alpha value is -2.91. The average Bonchev–Trinajstić information content (AvgIpc) is 3.43. The molecule has 3 atom stereocenters. The monoisotopic (exact) mass is 501 g/mol. The quantitative estimate of drug-likeness (QED) is 0.524. The summed E-state index contributed by atoms with van der Waals surface area (Å²) in [4.78, 5) is 20.2. The maximum absolute atomic E-state index is 13.1. The van der Waals surface area contributed by atoms with Gasteiger partial charge < -0.3 is 15.0 Å². The van der Waals surface area contributed by atoms with E-state index >= 15 is 0 Å². The van der Waals surface area contributed by atoms with E-state index in [1.807, 2.05) is 12.1 Å². The van der Waals surface area contributed by atoms with Gasteiger partial charge in [-0.1, -0.05) is 23.2 Å². The molecule has 2 fully saturated rings. The Morgan fingerprint density at radius 1 is 1.18 bits per heavy atom. The summed E-state index contributed by atoms with van der Waals surface area (Å²) in [7, 11) is 0. The Morgan fingerprint density at radius 2 is 1.94 bits per heavy atom. The van der Waals surface area contributed by atoms with Gasteiger partial charge in [-0.25, -0.2) is 10.1 Å². The fourth-order valence-corrected chi connectivity index (χ4v) is 5.31. The van der Waals surface area contributed by atoms with Crippen molar-refractivity contribution in [1.82, 2.24) is 30.9 Å². The van der Waals surface area contributed by atoms with Crippen LogP contribution in [0.1, 0.15) is 39.5 Å². The third-order valence-electron chi connectivity index (χ3n) is 6.51. The van der Waals surface area contributed by atoms with Crippen molar-refractivity contribution >= 4 is 34.9 Å². The van der Waals surface area contributed by atoms with E-state index in [9.17, 15) is 4.79 Å². The second-order valence-corrected chi connectivity index (χ2v) is 10.1. The molecule has 11 heteroatoms. The lowest BCUT2D eigenvalue weighted by molar-refractivity contribution is -0.135. The lowest BCUT2D eigenvalue weighted by Crippen LogP contribution is -2.55. The van der Waals surface area contributed by atoms with E-state index in [1.54, 1.807) is 38.2 Å². The van der Waals surface area contributed by atoms with Gasteiger partial charge in [0.1, 0.15) is 11.6 Å². The third-order valence-corrected chi connectivity index (χ3v) is 7.04. The summed E-state index contributed by atoms with van der Waals surface area (Å²) in [5, 5.41) is 18.0. The Balaban J connectivity index is 1.23. The molecule has 178 valence electrons. The van der Waals surface area contributed by atoms with Gasteiger partial charge in [0.25, 0.3) is 5.91 Å². The number of hydrogen-bond donors (Lipinski definition) is 2. The largest absolute Gasteiger partial charge is 0.476 e. The fourth-order valence-electron chi connectivity index (χ4n) is 4.87. The van der Waals surface area contributed by atoms with Gasteiger partial charge in [0.15, 0.2) is 11.4 Å². The number of nitrogens with one attached hydrogen (secondary N) is 2. The number of nitrogens with zero attached hydrogens (tertiary/aromatic N) is 5. The summed E-state index contributed by atoms with van der Waals surface area (Å²) in [5.74, 6) is 1.79. The van der Waals surface area contributed by atoms with Crippen LogP contribution in [-0.2, 0) is 4.79 Å². The van der Waals surface area contributed by atoms with E-state index in [2.05, 4.69) is 35.8 Å². The van der Waals surface area contributed by atoms with E-state index in [-0.39, 0.29) is 11.9 Å². The number of H-pyrrole nitrogens is 1. The number of pyridine rings is 1. The number of benzene rings is 1. The number of anilines is 1. The van der Waals surface area contributed by atoms with Crippen molar-refractivity contribution in [2.24, 2.45) is 0 Å². The minimum Gasteiger partial charge on any atom is -0.476 e. The molecule has 2 saturated heterocycles. The lowest BCUT2D eigenvalue weighted by atomic mass is 9.96. The molecular weight excluding hydrogens is 477 g/mol. The van der Waals surface area contributed by atoms with Crippen LogP contribution in [0.2, 0.25) is 10.0 Å². The number of aromatic amines is 1. The van der Waals surface area contributed by atoms with Crippen LogP contribution in [0.25, 0.3) is 11.4 Å². The first-order valence-electron chi connectivity index (χ1n) is 11.2. The molecule has 0 unspecified atom stereocenters. The molecule has 34 heavy (non-hydrogen) atoms. The van der Waals surface area contributed by atoms with Crippen LogP contribution >= 0.6 is 23.2 Å². The first-order chi connectivity index (χ1) is 16.3. The number of rotatable bonds is 6. The predicted molar refractivity (Wildman–Crippen MR) is 129 cm³/mol. The molecule has 2 aromatic heterocycles. The topological polar surface area (TPSA) is 109 Å². The van der Waals surface area contributed by atoms with E-state index in [4.69, 9.17) is 27.9 Å². The summed E-state index contributed by atoms with van der Waals surface area (Å²) in [6.45, 7) is 3.49. The van der Waals surface area contributed by atoms with Crippen molar-refractivity contribution < 1.29 is 9.53 Å². The number of carbonyl (C=O) groups excluding carboxylic acids is 1. The standard InChI is InChI=1S/C23H25Cl2N7O2/c1-23(2,34-19-7-4-14(24)9-18(19)25)22(33)27-15-10-16-5-6-17(11-15)32(16)20-8-3-13(12-26-20)21-28-30-31-29-21/h3-4,7-9,12,15-17H,5-6,10-11H2,1-2H3,(H,27,33)(H,28,29,30,31)/t15-,16+,17-. The van der Waals surface area contributed by atoms with E-state index in [0.29, 0.717) is 33.7 Å². The Labute approximate surface area is 207 Å². The average molecular weight is 502 g/mol. The Bertz CT molecular complexity index is 1160. The maximum Gasteiger partial charge on any atom is 0.263 e. The van der Waals surface area contributed by atoms with Crippen molar-refractivity contribution in [3.63, 3.8) is 0 Å². The van der Waals surface area contributed by atoms with Crippen molar-refractivity contribution in [3.05, 3.63) is 46.6 Å². The summed E-state index contributed by atoms with van der Waals surface area (Å²) in [6.07, 6.45) is 5.65. The summed E-state index contributed by atoms with van der Waals surface area (Å²) >= 11 is 12.2. The number of carbonyl (C=O) groups is 1. The highest BCUT2D eigenvalue weighted by Crippen LogP contribution is 2.39. The molecule has 1 amide bonds. The van der Waals surface area contributed by atoms with Gasteiger partial charge in [-0.3, -0.25) is 4.79 Å². The predicted octanol–water partition coefficient (Wildman–Crippen LogP) is 4.04. The van der Waals surface area contributed by atoms with Crippen LogP contribution in [0, 0.1) is 0 Å². The van der Waals surface area contributed by atoms with Gasteiger partial charge in [0, 0.05) is 34.9 Å². The van der Waals surface area contributed by atoms with Gasteiger partial charge in [-0.2, -0.15) is 0 Å². The number of aromatic nitrogens is 5. The minimum atomic E-state index is -1.08. The maximum atomic E-state index is 13.1. The minimum absolute atomic E-state index is 0.0735. The van der Waals surface area contributed by atoms with E-state index < -0.39 is 5.60 Å². The van der Waals surface area contributed by atoms with Crippen LogP contribution in [0.15, 0.2) is 36.5 Å². The highest BCUT2D eigenvalue weighted by atomic mass is 35.5. The van der Waals surface area contributed by atoms with Gasteiger partial charge in [0.05, 0.1) is 5.02 Å². The van der Waals surface area contributed by atoms with E-state index in [0.717, 1.165) is 37.1 Å². The van der Waals surface area contributed by atoms with Crippen LogP contribution < -0.4 is 15.0 Å². The fraction of sp³-hybridized carbons (Fsp3) is 0.435. The zero-order chi connectivity index (χ0) is 23.9. The van der Waals surface area contributed by atoms with Gasteiger partial charge in [0.2, 0.25) is 0 Å². The van der Waals surface area contributed by atoms with Crippen LogP contribution in [-0.4, -0.2) is 55.2 Å². The first-order valence-corrected chi connectivity index (χ1v) is 12.0. The lowest BCUT2D eigenvalue weighted by Gasteiger charge is -2.40. The van der Waals surface area contributed by atoms with Gasteiger partial charge in [-0.15, -0.1) is 5.10 Å². The second-order valence-electron chi connectivity index (χ2n) is 9.28. The van der Waals surface area contributed by atoms with E-state index in [1.165, 1.54) is 0 Å². The van der Waals surface area contributed by atoms with Crippen LogP contribution in [0.4, 0.5) is 5.82 Å².